The van der Waals surface area contributed by atoms with E-state index < -0.39 is 23.7 Å². The molecule has 0 spiro atoms. The molecule has 2 amide bonds. The largest absolute Gasteiger partial charge is 0.391 e. The Labute approximate surface area is 247 Å². The number of para-hydroxylation sites is 1. The minimum Gasteiger partial charge on any atom is -0.391 e. The number of hydrogen-bond donors (Lipinski definition) is 3. The molecule has 228 valence electrons. The van der Waals surface area contributed by atoms with Crippen LogP contribution in [0, 0.1) is 24.7 Å². The maximum atomic E-state index is 13.4. The van der Waals surface area contributed by atoms with Crippen LogP contribution in [0.4, 0.5) is 5.69 Å². The van der Waals surface area contributed by atoms with Crippen LogP contribution >= 0.6 is 0 Å². The molecule has 1 aromatic rings. The van der Waals surface area contributed by atoms with Gasteiger partial charge in [0.05, 0.1) is 24.3 Å². The van der Waals surface area contributed by atoms with Gasteiger partial charge in [-0.2, -0.15) is 0 Å². The van der Waals surface area contributed by atoms with Crippen LogP contribution < -0.4 is 16.0 Å². The fourth-order valence-electron chi connectivity index (χ4n) is 5.90. The summed E-state index contributed by atoms with van der Waals surface area (Å²) >= 11 is 0. The zero-order valence-electron chi connectivity index (χ0n) is 26.3. The van der Waals surface area contributed by atoms with E-state index in [9.17, 15) is 14.7 Å². The Hall–Kier alpha value is -2.52. The predicted molar refractivity (Wildman–Crippen MR) is 166 cm³/mol. The van der Waals surface area contributed by atoms with Gasteiger partial charge in [-0.15, -0.1) is 0 Å². The normalized spacial score (nSPS) is 28.9. The van der Waals surface area contributed by atoms with E-state index in [-0.39, 0.29) is 42.3 Å². The number of carbonyl (C=O) groups excluding carboxylic acids is 2. The molecule has 1 aliphatic carbocycles. The molecule has 0 bridgehead atoms. The number of aliphatic hydroxyl groups excluding tert-OH is 1. The first kappa shape index (κ1) is 33.0. The molecule has 0 aromatic heterocycles. The quantitative estimate of drug-likeness (QED) is 0.371. The lowest BCUT2D eigenvalue weighted by Crippen LogP contribution is -2.64. The Morgan fingerprint density at radius 1 is 1.20 bits per heavy atom. The van der Waals surface area contributed by atoms with Gasteiger partial charge in [0.1, 0.15) is 0 Å². The van der Waals surface area contributed by atoms with Crippen molar-refractivity contribution < 1.29 is 19.4 Å². The number of piperazine rings is 1. The summed E-state index contributed by atoms with van der Waals surface area (Å²) in [5.41, 5.74) is 7.78. The lowest BCUT2D eigenvalue weighted by molar-refractivity contribution is -0.127. The van der Waals surface area contributed by atoms with Gasteiger partial charge in [0, 0.05) is 43.4 Å². The van der Waals surface area contributed by atoms with Crippen molar-refractivity contribution in [3.8, 4) is 0 Å². The highest BCUT2D eigenvalue weighted by Crippen LogP contribution is 2.30. The van der Waals surface area contributed by atoms with Gasteiger partial charge >= 0.3 is 0 Å². The molecule has 1 saturated heterocycles. The number of methoxy groups -OCH3 is 1. The highest BCUT2D eigenvalue weighted by Gasteiger charge is 2.40. The smallest absolute Gasteiger partial charge is 0.241 e. The average molecular weight is 569 g/mol. The van der Waals surface area contributed by atoms with Crippen LogP contribution in [-0.4, -0.2) is 77.9 Å². The van der Waals surface area contributed by atoms with E-state index in [1.165, 1.54) is 0 Å². The first-order chi connectivity index (χ1) is 19.2. The molecule has 6 atom stereocenters. The fraction of sp³-hybridized carbons (Fsp3) is 0.636. The Bertz CT molecular complexity index is 1120. The molecule has 3 unspecified atom stereocenters. The van der Waals surface area contributed by atoms with E-state index in [4.69, 9.17) is 10.5 Å². The summed E-state index contributed by atoms with van der Waals surface area (Å²) in [6.07, 6.45) is 8.34. The number of benzene rings is 1. The summed E-state index contributed by atoms with van der Waals surface area (Å²) in [6.45, 7) is 15.5. The molecule has 0 radical (unpaired) electrons. The number of aryl methyl sites for hydroxylation is 1. The van der Waals surface area contributed by atoms with E-state index in [1.54, 1.807) is 7.11 Å². The number of ether oxygens (including phenoxy) is 1. The summed E-state index contributed by atoms with van der Waals surface area (Å²) in [4.78, 5) is 30.5. The molecule has 1 aliphatic heterocycles. The average Bonchev–Trinajstić information content (AvgIpc) is 2.90. The Balaban J connectivity index is 1.64. The molecule has 1 aromatic carbocycles. The number of nitrogens with zero attached hydrogens (tertiary/aromatic N) is 2. The number of anilines is 1. The molecule has 3 rings (SSSR count). The molecule has 4 N–H and O–H groups in total. The third kappa shape index (κ3) is 8.51. The van der Waals surface area contributed by atoms with Crippen molar-refractivity contribution in [2.45, 2.75) is 90.6 Å². The van der Waals surface area contributed by atoms with Crippen LogP contribution in [0.25, 0.3) is 0 Å². The predicted octanol–water partition coefficient (Wildman–Crippen LogP) is 3.81. The Morgan fingerprint density at radius 3 is 2.51 bits per heavy atom. The van der Waals surface area contributed by atoms with Crippen molar-refractivity contribution in [2.75, 3.05) is 31.6 Å². The maximum absolute atomic E-state index is 13.4. The second kappa shape index (κ2) is 13.6. The molecule has 0 saturated carbocycles. The van der Waals surface area contributed by atoms with Gasteiger partial charge in [-0.05, 0) is 64.0 Å². The lowest BCUT2D eigenvalue weighted by Gasteiger charge is -2.48. The number of aliphatic hydroxyl groups is 1. The van der Waals surface area contributed by atoms with Gasteiger partial charge in [-0.3, -0.25) is 14.5 Å². The second-order valence-corrected chi connectivity index (χ2v) is 13.3. The highest BCUT2D eigenvalue weighted by molar-refractivity contribution is 5.96. The third-order valence-electron chi connectivity index (χ3n) is 8.80. The van der Waals surface area contributed by atoms with Gasteiger partial charge in [-0.25, -0.2) is 0 Å². The summed E-state index contributed by atoms with van der Waals surface area (Å²) in [7, 11) is 1.70. The second-order valence-electron chi connectivity index (χ2n) is 13.3. The van der Waals surface area contributed by atoms with E-state index >= 15 is 0 Å². The van der Waals surface area contributed by atoms with Gasteiger partial charge in [0.25, 0.3) is 0 Å². The minimum absolute atomic E-state index is 0.0113. The number of rotatable bonds is 10. The van der Waals surface area contributed by atoms with Crippen molar-refractivity contribution in [3.63, 3.8) is 0 Å². The van der Waals surface area contributed by atoms with Crippen molar-refractivity contribution in [1.82, 2.24) is 10.2 Å². The van der Waals surface area contributed by atoms with Gasteiger partial charge in [0.2, 0.25) is 11.8 Å². The topological polar surface area (TPSA) is 108 Å². The monoisotopic (exact) mass is 568 g/mol. The zero-order valence-corrected chi connectivity index (χ0v) is 26.3. The molecule has 8 heteroatoms. The number of amides is 2. The van der Waals surface area contributed by atoms with E-state index in [0.29, 0.717) is 19.0 Å². The summed E-state index contributed by atoms with van der Waals surface area (Å²) < 4.78 is 5.71. The molecular weight excluding hydrogens is 516 g/mol. The van der Waals surface area contributed by atoms with Crippen LogP contribution in [0.15, 0.2) is 48.6 Å². The third-order valence-corrected chi connectivity index (χ3v) is 8.80. The van der Waals surface area contributed by atoms with Crippen molar-refractivity contribution in [2.24, 2.45) is 23.5 Å². The van der Waals surface area contributed by atoms with Gasteiger partial charge in [-0.1, -0.05) is 63.3 Å². The van der Waals surface area contributed by atoms with Crippen LogP contribution in [0.5, 0.6) is 0 Å². The number of nitrogens with two attached hydrogens (primary N) is 1. The van der Waals surface area contributed by atoms with E-state index in [0.717, 1.165) is 17.7 Å². The summed E-state index contributed by atoms with van der Waals surface area (Å²) in [6, 6.07) is 7.04. The standard InChI is InChI=1S/C33H52N4O4/c1-22(2)26(31(40)35-25-14-13-23(3)18-33(7,41-8)16-15-25)17-29(38)27(34)19-36-20-30(39)37(21-32(36,5)6)28-12-10-9-11-24(28)4/h9-16,22-23,25-27,29,38H,17-21,34H2,1-8H3,(H,35,40)/b14-13+,16-15+/t23?,25?,26-,27-,29-,33?/m0/s1. The van der Waals surface area contributed by atoms with Crippen molar-refractivity contribution >= 4 is 17.5 Å². The van der Waals surface area contributed by atoms with E-state index in [1.807, 2.05) is 75.1 Å². The number of nitrogens with one attached hydrogen (secondary N) is 1. The number of carbonyl (C=O) groups is 2. The van der Waals surface area contributed by atoms with Gasteiger partial charge < -0.3 is 25.8 Å². The Kier molecular flexibility index (Phi) is 11.0. The first-order valence-corrected chi connectivity index (χ1v) is 14.9. The molecule has 41 heavy (non-hydrogen) atoms. The SMILES string of the molecule is COC1(C)/C=C/C(NC(=O)[C@@H](C[C@H](O)[C@@H](N)CN2CC(=O)N(c3ccccc3C)CC2(C)C)C(C)C)/C=C/C(C)C1. The van der Waals surface area contributed by atoms with Crippen molar-refractivity contribution in [1.29, 1.82) is 0 Å². The summed E-state index contributed by atoms with van der Waals surface area (Å²) in [5.74, 6) is -0.196. The molecule has 1 fully saturated rings. The molecule has 1 heterocycles. The lowest BCUT2D eigenvalue weighted by atomic mass is 9.86. The Morgan fingerprint density at radius 2 is 1.88 bits per heavy atom. The minimum atomic E-state index is -0.895. The zero-order chi connectivity index (χ0) is 30.5. The maximum Gasteiger partial charge on any atom is 0.241 e. The van der Waals surface area contributed by atoms with Crippen LogP contribution in [0.2, 0.25) is 0 Å². The molecule has 8 nitrogen and oxygen atoms in total. The molecule has 2 aliphatic rings. The van der Waals surface area contributed by atoms with Crippen LogP contribution in [0.1, 0.15) is 59.9 Å². The fourth-order valence-corrected chi connectivity index (χ4v) is 5.90. The first-order valence-electron chi connectivity index (χ1n) is 14.9. The molecular formula is C33H52N4O4. The number of allylic oxidation sites excluding steroid dienone is 1. The van der Waals surface area contributed by atoms with Gasteiger partial charge in [0.15, 0.2) is 0 Å². The summed E-state index contributed by atoms with van der Waals surface area (Å²) in [5, 5.41) is 14.3. The van der Waals surface area contributed by atoms with Crippen LogP contribution in [0.3, 0.4) is 0 Å². The van der Waals surface area contributed by atoms with Crippen molar-refractivity contribution in [3.05, 3.63) is 54.1 Å². The number of hydrogen-bond acceptors (Lipinski definition) is 6. The van der Waals surface area contributed by atoms with Crippen LogP contribution in [-0.2, 0) is 14.3 Å². The highest BCUT2D eigenvalue weighted by atomic mass is 16.5. The van der Waals surface area contributed by atoms with E-state index in [2.05, 4.69) is 37.1 Å².